The first-order valence-electron chi connectivity index (χ1n) is 9.31. The number of methoxy groups -OCH3 is 2. The van der Waals surface area contributed by atoms with Crippen LogP contribution >= 0.6 is 11.3 Å². The van der Waals surface area contributed by atoms with Crippen molar-refractivity contribution in [1.29, 1.82) is 0 Å². The monoisotopic (exact) mass is 414 g/mol. The Morgan fingerprint density at radius 2 is 2.03 bits per heavy atom. The van der Waals surface area contributed by atoms with Crippen LogP contribution in [0.3, 0.4) is 0 Å². The maximum atomic E-state index is 12.8. The zero-order valence-electron chi connectivity index (χ0n) is 16.3. The summed E-state index contributed by atoms with van der Waals surface area (Å²) < 4.78 is 16.4. The highest BCUT2D eigenvalue weighted by atomic mass is 32.1. The lowest BCUT2D eigenvalue weighted by atomic mass is 9.98. The minimum Gasteiger partial charge on any atom is -0.497 e. The predicted octanol–water partition coefficient (Wildman–Crippen LogP) is 4.23. The van der Waals surface area contributed by atoms with E-state index in [1.807, 2.05) is 16.8 Å². The van der Waals surface area contributed by atoms with Gasteiger partial charge in [0.1, 0.15) is 11.5 Å². The molecule has 2 aromatic heterocycles. The van der Waals surface area contributed by atoms with Gasteiger partial charge >= 0.3 is 6.03 Å². The van der Waals surface area contributed by atoms with E-state index in [-0.39, 0.29) is 11.9 Å². The summed E-state index contributed by atoms with van der Waals surface area (Å²) in [6.45, 7) is 1.20. The maximum Gasteiger partial charge on any atom is 0.321 e. The minimum absolute atomic E-state index is 0.0224. The highest BCUT2D eigenvalue weighted by molar-refractivity contribution is 7.08. The zero-order valence-corrected chi connectivity index (χ0v) is 17.1. The van der Waals surface area contributed by atoms with Gasteiger partial charge in [-0.3, -0.25) is 0 Å². The van der Waals surface area contributed by atoms with Crippen LogP contribution in [-0.2, 0) is 0 Å². The molecule has 3 aromatic rings. The molecule has 0 radical (unpaired) electrons. The molecule has 1 aliphatic rings. The van der Waals surface area contributed by atoms with Crippen molar-refractivity contribution in [3.63, 3.8) is 0 Å². The van der Waals surface area contributed by atoms with Gasteiger partial charge in [-0.15, -0.1) is 10.2 Å². The van der Waals surface area contributed by atoms with E-state index in [1.165, 1.54) is 0 Å². The van der Waals surface area contributed by atoms with Crippen molar-refractivity contribution >= 4 is 23.1 Å². The molecule has 8 nitrogen and oxygen atoms in total. The number of rotatable bonds is 5. The van der Waals surface area contributed by atoms with Crippen molar-refractivity contribution in [2.45, 2.75) is 18.8 Å². The van der Waals surface area contributed by atoms with Crippen molar-refractivity contribution in [2.75, 3.05) is 32.6 Å². The molecule has 0 spiro atoms. The van der Waals surface area contributed by atoms with E-state index in [0.717, 1.165) is 18.4 Å². The number of nitrogens with one attached hydrogen (secondary N) is 1. The number of thiophene rings is 1. The van der Waals surface area contributed by atoms with E-state index >= 15 is 0 Å². The summed E-state index contributed by atoms with van der Waals surface area (Å²) in [4.78, 5) is 14.6. The average molecular weight is 414 g/mol. The molecule has 1 saturated heterocycles. The van der Waals surface area contributed by atoms with Gasteiger partial charge < -0.3 is 24.1 Å². The van der Waals surface area contributed by atoms with Gasteiger partial charge in [0.05, 0.1) is 20.1 Å². The van der Waals surface area contributed by atoms with E-state index in [9.17, 15) is 4.79 Å². The number of urea groups is 1. The van der Waals surface area contributed by atoms with Crippen molar-refractivity contribution in [3.05, 3.63) is 40.9 Å². The van der Waals surface area contributed by atoms with Crippen LogP contribution in [0.15, 0.2) is 39.4 Å². The summed E-state index contributed by atoms with van der Waals surface area (Å²) in [6.07, 6.45) is 1.78. The van der Waals surface area contributed by atoms with E-state index < -0.39 is 0 Å². The Hall–Kier alpha value is -3.07. The normalized spacial score (nSPS) is 16.5. The van der Waals surface area contributed by atoms with Crippen LogP contribution in [0.4, 0.5) is 10.5 Å². The van der Waals surface area contributed by atoms with Crippen molar-refractivity contribution in [2.24, 2.45) is 0 Å². The number of nitrogens with zero attached hydrogens (tertiary/aromatic N) is 3. The summed E-state index contributed by atoms with van der Waals surface area (Å²) in [5, 5.41) is 15.2. The number of amides is 2. The van der Waals surface area contributed by atoms with Crippen LogP contribution in [0.2, 0.25) is 0 Å². The second-order valence-electron chi connectivity index (χ2n) is 6.77. The fraction of sp³-hybridized carbons (Fsp3) is 0.350. The van der Waals surface area contributed by atoms with Crippen LogP contribution in [0.1, 0.15) is 24.7 Å². The van der Waals surface area contributed by atoms with E-state index in [0.29, 0.717) is 42.1 Å². The lowest BCUT2D eigenvalue weighted by molar-refractivity contribution is 0.187. The van der Waals surface area contributed by atoms with Crippen LogP contribution in [0.25, 0.3) is 11.5 Å². The van der Waals surface area contributed by atoms with Crippen LogP contribution < -0.4 is 14.8 Å². The van der Waals surface area contributed by atoms with Gasteiger partial charge in [0.2, 0.25) is 11.8 Å². The van der Waals surface area contributed by atoms with Gasteiger partial charge in [-0.05, 0) is 24.3 Å². The van der Waals surface area contributed by atoms with Crippen molar-refractivity contribution < 1.29 is 18.7 Å². The lowest BCUT2D eigenvalue weighted by Crippen LogP contribution is -2.41. The van der Waals surface area contributed by atoms with Gasteiger partial charge in [0, 0.05) is 47.9 Å². The topological polar surface area (TPSA) is 89.7 Å². The number of carbonyl (C=O) groups is 1. The molecule has 1 aromatic carbocycles. The number of benzene rings is 1. The Bertz CT molecular complexity index is 951. The molecular weight excluding hydrogens is 392 g/mol. The van der Waals surface area contributed by atoms with E-state index in [1.54, 1.807) is 48.7 Å². The summed E-state index contributed by atoms with van der Waals surface area (Å²) in [5.74, 6) is 2.35. The Morgan fingerprint density at radius 1 is 1.24 bits per heavy atom. The molecular formula is C20H22N4O4S. The molecule has 1 fully saturated rings. The smallest absolute Gasteiger partial charge is 0.321 e. The predicted molar refractivity (Wildman–Crippen MR) is 110 cm³/mol. The first-order valence-corrected chi connectivity index (χ1v) is 10.3. The summed E-state index contributed by atoms with van der Waals surface area (Å²) in [7, 11) is 3.15. The molecule has 0 saturated carbocycles. The molecule has 4 rings (SSSR count). The SMILES string of the molecule is COc1cc(NC(=O)N2CCCC(c3nnc(-c4ccsc4)o3)C2)cc(OC)c1. The van der Waals surface area contributed by atoms with Gasteiger partial charge in [-0.1, -0.05) is 0 Å². The quantitative estimate of drug-likeness (QED) is 0.672. The molecule has 0 aliphatic carbocycles. The second-order valence-corrected chi connectivity index (χ2v) is 7.55. The molecule has 9 heteroatoms. The van der Waals surface area contributed by atoms with Crippen molar-refractivity contribution in [1.82, 2.24) is 15.1 Å². The summed E-state index contributed by atoms with van der Waals surface area (Å²) in [5.41, 5.74) is 1.54. The summed E-state index contributed by atoms with van der Waals surface area (Å²) >= 11 is 1.58. The number of likely N-dealkylation sites (tertiary alicyclic amines) is 1. The highest BCUT2D eigenvalue weighted by Gasteiger charge is 2.28. The Kier molecular flexibility index (Phi) is 5.66. The molecule has 0 bridgehead atoms. The number of piperidine rings is 1. The number of aromatic nitrogens is 2. The third-order valence-corrected chi connectivity index (χ3v) is 5.55. The zero-order chi connectivity index (χ0) is 20.2. The van der Waals surface area contributed by atoms with Crippen LogP contribution in [0, 0.1) is 0 Å². The molecule has 29 heavy (non-hydrogen) atoms. The third kappa shape index (κ3) is 4.34. The molecule has 2 amide bonds. The van der Waals surface area contributed by atoms with Crippen LogP contribution in [-0.4, -0.2) is 48.4 Å². The number of ether oxygens (including phenoxy) is 2. The molecule has 1 atom stereocenters. The number of hydrogen-bond acceptors (Lipinski definition) is 7. The highest BCUT2D eigenvalue weighted by Crippen LogP contribution is 2.30. The first kappa shape index (κ1) is 19.3. The Labute approximate surface area is 172 Å². The van der Waals surface area contributed by atoms with Gasteiger partial charge in [0.15, 0.2) is 0 Å². The van der Waals surface area contributed by atoms with Crippen molar-refractivity contribution in [3.8, 4) is 23.0 Å². The molecule has 1 aliphatic heterocycles. The fourth-order valence-electron chi connectivity index (χ4n) is 3.35. The standard InChI is InChI=1S/C20H22N4O4S/c1-26-16-8-15(9-17(10-16)27-2)21-20(25)24-6-3-4-13(11-24)18-22-23-19(28-18)14-5-7-29-12-14/h5,7-10,12-13H,3-4,6,11H2,1-2H3,(H,21,25). The Balaban J connectivity index is 1.44. The lowest BCUT2D eigenvalue weighted by Gasteiger charge is -2.31. The maximum absolute atomic E-state index is 12.8. The van der Waals surface area contributed by atoms with Gasteiger partial charge in [0.25, 0.3) is 0 Å². The second kappa shape index (κ2) is 8.52. The number of anilines is 1. The van der Waals surface area contributed by atoms with Gasteiger partial charge in [-0.25, -0.2) is 4.79 Å². The number of hydrogen-bond donors (Lipinski definition) is 1. The molecule has 152 valence electrons. The largest absolute Gasteiger partial charge is 0.497 e. The van der Waals surface area contributed by atoms with E-state index in [4.69, 9.17) is 13.9 Å². The van der Waals surface area contributed by atoms with E-state index in [2.05, 4.69) is 15.5 Å². The average Bonchev–Trinajstić information content (AvgIpc) is 3.45. The Morgan fingerprint density at radius 3 is 2.72 bits per heavy atom. The third-order valence-electron chi connectivity index (χ3n) is 4.87. The van der Waals surface area contributed by atoms with Crippen LogP contribution in [0.5, 0.6) is 11.5 Å². The minimum atomic E-state index is -0.178. The fourth-order valence-corrected chi connectivity index (χ4v) is 3.98. The molecule has 1 N–H and O–H groups in total. The number of carbonyl (C=O) groups excluding carboxylic acids is 1. The molecule has 1 unspecified atom stereocenters. The molecule has 3 heterocycles. The van der Waals surface area contributed by atoms with Gasteiger partial charge in [-0.2, -0.15) is 11.3 Å². The first-order chi connectivity index (χ1) is 14.2. The summed E-state index contributed by atoms with van der Waals surface area (Å²) in [6, 6.07) is 7.04.